The van der Waals surface area contributed by atoms with Crippen molar-refractivity contribution in [2.75, 3.05) is 0 Å². The van der Waals surface area contributed by atoms with Crippen molar-refractivity contribution < 1.29 is 9.53 Å². The first-order valence-electron chi connectivity index (χ1n) is 6.18. The molecule has 0 saturated carbocycles. The first-order chi connectivity index (χ1) is 9.52. The third-order valence-corrected chi connectivity index (χ3v) is 3.12. The molecule has 0 radical (unpaired) electrons. The fourth-order valence-corrected chi connectivity index (χ4v) is 2.25. The number of aromatic nitrogens is 1. The number of hydrogen-bond acceptors (Lipinski definition) is 4. The Morgan fingerprint density at radius 2 is 1.90 bits per heavy atom. The lowest BCUT2D eigenvalue weighted by atomic mass is 10.1. The Hall–Kier alpha value is -2.01. The molecule has 1 aromatic heterocycles. The summed E-state index contributed by atoms with van der Waals surface area (Å²) in [6.45, 7) is 5.97. The van der Waals surface area contributed by atoms with Crippen LogP contribution in [0.5, 0.6) is 11.6 Å². The van der Waals surface area contributed by atoms with E-state index in [9.17, 15) is 4.79 Å². The monoisotopic (exact) mass is 288 g/mol. The number of nitrogens with one attached hydrogen (secondary N) is 1. The second kappa shape index (κ2) is 5.96. The Morgan fingerprint density at radius 1 is 1.25 bits per heavy atom. The van der Waals surface area contributed by atoms with Gasteiger partial charge in [0.15, 0.2) is 0 Å². The van der Waals surface area contributed by atoms with Crippen LogP contribution in [0, 0.1) is 20.8 Å². The van der Waals surface area contributed by atoms with Crippen LogP contribution in [0.4, 0.5) is 0 Å². The van der Waals surface area contributed by atoms with E-state index in [2.05, 4.69) is 22.5 Å². The van der Waals surface area contributed by atoms with Crippen molar-refractivity contribution in [3.8, 4) is 11.6 Å². The van der Waals surface area contributed by atoms with Gasteiger partial charge >= 0.3 is 0 Å². The van der Waals surface area contributed by atoms with Crippen LogP contribution in [0.15, 0.2) is 30.5 Å². The molecule has 0 aliphatic carbocycles. The van der Waals surface area contributed by atoms with Crippen LogP contribution >= 0.6 is 12.8 Å². The van der Waals surface area contributed by atoms with Gasteiger partial charge in [0.05, 0.1) is 0 Å². The minimum absolute atomic E-state index is 0.272. The lowest BCUT2D eigenvalue weighted by molar-refractivity contribution is 0.0982. The molecule has 4 nitrogen and oxygen atoms in total. The van der Waals surface area contributed by atoms with E-state index in [-0.39, 0.29) is 11.8 Å². The van der Waals surface area contributed by atoms with Crippen LogP contribution in [0.25, 0.3) is 0 Å². The van der Waals surface area contributed by atoms with Crippen LogP contribution in [-0.2, 0) is 0 Å². The number of benzene rings is 1. The number of aryl methyl sites for hydroxylation is 3. The van der Waals surface area contributed by atoms with Gasteiger partial charge in [0.25, 0.3) is 5.91 Å². The molecule has 104 valence electrons. The van der Waals surface area contributed by atoms with Crippen LogP contribution < -0.4 is 9.46 Å². The average Bonchev–Trinajstić information content (AvgIpc) is 2.42. The molecule has 0 spiro atoms. The van der Waals surface area contributed by atoms with E-state index in [1.54, 1.807) is 18.3 Å². The fraction of sp³-hybridized carbons (Fsp3) is 0.200. The zero-order chi connectivity index (χ0) is 14.7. The summed E-state index contributed by atoms with van der Waals surface area (Å²) in [6.07, 6.45) is 1.59. The highest BCUT2D eigenvalue weighted by atomic mass is 32.1. The van der Waals surface area contributed by atoms with Gasteiger partial charge in [-0.2, -0.15) is 0 Å². The van der Waals surface area contributed by atoms with E-state index in [4.69, 9.17) is 4.74 Å². The van der Waals surface area contributed by atoms with Crippen molar-refractivity contribution in [3.63, 3.8) is 0 Å². The molecular weight excluding hydrogens is 272 g/mol. The fourth-order valence-electron chi connectivity index (χ4n) is 2.13. The minimum Gasteiger partial charge on any atom is -0.438 e. The first-order valence-corrected chi connectivity index (χ1v) is 6.63. The first kappa shape index (κ1) is 14.4. The number of thiol groups is 1. The highest BCUT2D eigenvalue weighted by Gasteiger charge is 2.15. The summed E-state index contributed by atoms with van der Waals surface area (Å²) in [5.41, 5.74) is 3.53. The number of ether oxygens (including phenoxy) is 1. The summed E-state index contributed by atoms with van der Waals surface area (Å²) >= 11 is 3.77. The maximum atomic E-state index is 11.7. The number of nitrogens with zero attached hydrogens (tertiary/aromatic N) is 1. The largest absolute Gasteiger partial charge is 0.438 e. The number of amides is 1. The van der Waals surface area contributed by atoms with Crippen LogP contribution in [-0.4, -0.2) is 10.9 Å². The van der Waals surface area contributed by atoms with Crippen molar-refractivity contribution in [2.45, 2.75) is 20.8 Å². The van der Waals surface area contributed by atoms with Gasteiger partial charge < -0.3 is 4.74 Å². The summed E-state index contributed by atoms with van der Waals surface area (Å²) in [7, 11) is 0. The molecule has 0 bridgehead atoms. The molecule has 2 aromatic rings. The lowest BCUT2D eigenvalue weighted by Crippen LogP contribution is -2.14. The molecule has 1 aromatic carbocycles. The van der Waals surface area contributed by atoms with Gasteiger partial charge in [-0.25, -0.2) is 4.98 Å². The molecule has 0 aliphatic rings. The van der Waals surface area contributed by atoms with E-state index in [0.29, 0.717) is 5.56 Å². The van der Waals surface area contributed by atoms with Gasteiger partial charge in [0.1, 0.15) is 11.3 Å². The zero-order valence-corrected chi connectivity index (χ0v) is 12.5. The van der Waals surface area contributed by atoms with Crippen LogP contribution in [0.1, 0.15) is 27.0 Å². The Kier molecular flexibility index (Phi) is 4.29. The molecule has 2 rings (SSSR count). The number of carbonyl (C=O) groups is 1. The van der Waals surface area contributed by atoms with E-state index in [0.717, 1.165) is 16.9 Å². The molecule has 0 aliphatic heterocycles. The predicted octanol–water partition coefficient (Wildman–Crippen LogP) is 3.37. The van der Waals surface area contributed by atoms with Gasteiger partial charge in [-0.3, -0.25) is 9.52 Å². The third kappa shape index (κ3) is 2.93. The van der Waals surface area contributed by atoms with Gasteiger partial charge in [0, 0.05) is 6.20 Å². The summed E-state index contributed by atoms with van der Waals surface area (Å²) in [5, 5.41) is 0. The van der Waals surface area contributed by atoms with Crippen molar-refractivity contribution in [3.05, 3.63) is 52.7 Å². The summed E-state index contributed by atoms with van der Waals surface area (Å²) in [5.74, 6) is 0.649. The Labute approximate surface area is 123 Å². The second-order valence-electron chi connectivity index (χ2n) is 4.63. The van der Waals surface area contributed by atoms with Crippen molar-refractivity contribution >= 4 is 18.7 Å². The quantitative estimate of drug-likeness (QED) is 0.851. The van der Waals surface area contributed by atoms with Gasteiger partial charge in [-0.05, 0) is 44.0 Å². The minimum atomic E-state index is -0.348. The maximum Gasteiger partial charge on any atom is 0.266 e. The summed E-state index contributed by atoms with van der Waals surface area (Å²) in [4.78, 5) is 15.9. The second-order valence-corrected chi connectivity index (χ2v) is 4.85. The Bertz CT molecular complexity index is 633. The number of carbonyl (C=O) groups excluding carboxylic acids is 1. The Morgan fingerprint density at radius 3 is 2.50 bits per heavy atom. The third-order valence-electron chi connectivity index (χ3n) is 2.92. The van der Waals surface area contributed by atoms with E-state index >= 15 is 0 Å². The summed E-state index contributed by atoms with van der Waals surface area (Å²) in [6, 6.07) is 7.39. The molecule has 0 atom stereocenters. The molecular formula is C15H16N2O2S. The van der Waals surface area contributed by atoms with E-state index in [1.807, 2.05) is 32.9 Å². The number of rotatable bonds is 3. The molecule has 1 N–H and O–H groups in total. The molecule has 1 heterocycles. The number of hydrogen-bond donors (Lipinski definition) is 2. The van der Waals surface area contributed by atoms with Crippen LogP contribution in [0.3, 0.4) is 0 Å². The molecule has 0 unspecified atom stereocenters. The Balaban J connectivity index is 2.43. The SMILES string of the molecule is Cc1cc(C)c(Oc2ncccc2C(=O)NS)c(C)c1. The standard InChI is InChI=1S/C15H16N2O2S/c1-9-7-10(2)13(11(3)8-9)19-15-12(14(18)17-20)5-4-6-16-15/h4-8,20H,1-3H3,(H,17,18). The van der Waals surface area contributed by atoms with Crippen molar-refractivity contribution in [2.24, 2.45) is 0 Å². The zero-order valence-electron chi connectivity index (χ0n) is 11.6. The molecule has 1 amide bonds. The smallest absolute Gasteiger partial charge is 0.266 e. The highest BCUT2D eigenvalue weighted by Crippen LogP contribution is 2.30. The topological polar surface area (TPSA) is 51.2 Å². The van der Waals surface area contributed by atoms with E-state index < -0.39 is 0 Å². The van der Waals surface area contributed by atoms with Gasteiger partial charge in [-0.15, -0.1) is 0 Å². The molecule has 20 heavy (non-hydrogen) atoms. The van der Waals surface area contributed by atoms with E-state index in [1.165, 1.54) is 5.56 Å². The molecule has 0 fully saturated rings. The lowest BCUT2D eigenvalue weighted by Gasteiger charge is -2.13. The van der Waals surface area contributed by atoms with Crippen molar-refractivity contribution in [1.29, 1.82) is 0 Å². The normalized spacial score (nSPS) is 10.2. The highest BCUT2D eigenvalue weighted by molar-refractivity contribution is 7.78. The molecule has 5 heteroatoms. The summed E-state index contributed by atoms with van der Waals surface area (Å²) < 4.78 is 8.12. The number of pyridine rings is 1. The van der Waals surface area contributed by atoms with Crippen LogP contribution in [0.2, 0.25) is 0 Å². The molecule has 0 saturated heterocycles. The van der Waals surface area contributed by atoms with Gasteiger partial charge in [0.2, 0.25) is 5.88 Å². The van der Waals surface area contributed by atoms with Gasteiger partial charge in [-0.1, -0.05) is 30.5 Å². The maximum absolute atomic E-state index is 11.7. The average molecular weight is 288 g/mol. The predicted molar refractivity (Wildman–Crippen MR) is 81.4 cm³/mol. The van der Waals surface area contributed by atoms with Crippen molar-refractivity contribution in [1.82, 2.24) is 9.71 Å².